The van der Waals surface area contributed by atoms with Crippen LogP contribution in [-0.2, 0) is 16.1 Å². The lowest BCUT2D eigenvalue weighted by Gasteiger charge is -2.31. The van der Waals surface area contributed by atoms with E-state index in [1.165, 1.54) is 30.6 Å². The number of thiazole rings is 1. The van der Waals surface area contributed by atoms with Crippen LogP contribution >= 0.6 is 11.3 Å². The number of hydrogen-bond acceptors (Lipinski definition) is 5. The zero-order valence-corrected chi connectivity index (χ0v) is 20.4. The highest BCUT2D eigenvalue weighted by Gasteiger charge is 2.26. The molecule has 0 radical (unpaired) electrons. The van der Waals surface area contributed by atoms with Crippen molar-refractivity contribution in [1.82, 2.24) is 15.2 Å². The van der Waals surface area contributed by atoms with Gasteiger partial charge in [-0.25, -0.2) is 4.98 Å². The van der Waals surface area contributed by atoms with Gasteiger partial charge in [-0.1, -0.05) is 43.9 Å². The molecule has 0 spiro atoms. The maximum absolute atomic E-state index is 12.6. The molecule has 2 amide bonds. The van der Waals surface area contributed by atoms with Crippen molar-refractivity contribution in [1.29, 1.82) is 0 Å². The first kappa shape index (κ1) is 24.4. The molecule has 0 saturated carbocycles. The summed E-state index contributed by atoms with van der Waals surface area (Å²) in [5.74, 6) is 0.185. The summed E-state index contributed by atoms with van der Waals surface area (Å²) in [5, 5.41) is 5.84. The summed E-state index contributed by atoms with van der Waals surface area (Å²) in [6.07, 6.45) is 6.65. The number of nitrogens with zero attached hydrogens (tertiary/aromatic N) is 3. The number of unbranched alkanes of at least 4 members (excludes halogenated alkanes) is 3. The third-order valence-corrected chi connectivity index (χ3v) is 6.80. The van der Waals surface area contributed by atoms with Crippen LogP contribution in [0.2, 0.25) is 0 Å². The van der Waals surface area contributed by atoms with Gasteiger partial charge in [0.15, 0.2) is 5.13 Å². The average Bonchev–Trinajstić information content (AvgIpc) is 3.22. The molecule has 174 valence electrons. The van der Waals surface area contributed by atoms with Crippen molar-refractivity contribution in [3.8, 4) is 0 Å². The average molecular weight is 457 g/mol. The van der Waals surface area contributed by atoms with Crippen molar-refractivity contribution in [2.45, 2.75) is 65.8 Å². The lowest BCUT2D eigenvalue weighted by atomic mass is 9.97. The topological polar surface area (TPSA) is 65.5 Å². The minimum Gasteiger partial charge on any atom is -0.356 e. The number of amides is 2. The van der Waals surface area contributed by atoms with Crippen molar-refractivity contribution in [2.24, 2.45) is 5.92 Å². The van der Waals surface area contributed by atoms with E-state index in [1.54, 1.807) is 11.8 Å². The fourth-order valence-corrected chi connectivity index (χ4v) is 5.02. The van der Waals surface area contributed by atoms with E-state index in [1.807, 2.05) is 36.6 Å². The second-order valence-corrected chi connectivity index (χ2v) is 9.57. The molecule has 2 heterocycles. The Labute approximate surface area is 196 Å². The number of anilines is 2. The van der Waals surface area contributed by atoms with Gasteiger partial charge in [0.25, 0.3) is 0 Å². The maximum atomic E-state index is 12.6. The van der Waals surface area contributed by atoms with Crippen LogP contribution in [0.3, 0.4) is 0 Å². The summed E-state index contributed by atoms with van der Waals surface area (Å²) < 4.78 is 0. The van der Waals surface area contributed by atoms with Crippen molar-refractivity contribution >= 4 is 34.0 Å². The Bertz CT molecular complexity index is 880. The highest BCUT2D eigenvalue weighted by molar-refractivity contribution is 7.14. The van der Waals surface area contributed by atoms with Gasteiger partial charge in [0.05, 0.1) is 17.3 Å². The third-order valence-electron chi connectivity index (χ3n) is 5.93. The SMILES string of the molecule is CCCCCCNC(=O)C1CCCN(Cc2csc(N(C(C)=O)c3ccc(C)cc3)n2)C1. The number of carbonyl (C=O) groups excluding carboxylic acids is 2. The summed E-state index contributed by atoms with van der Waals surface area (Å²) in [4.78, 5) is 33.6. The van der Waals surface area contributed by atoms with E-state index in [0.717, 1.165) is 55.8 Å². The van der Waals surface area contributed by atoms with Gasteiger partial charge in [-0.15, -0.1) is 11.3 Å². The minimum atomic E-state index is -0.0524. The second-order valence-electron chi connectivity index (χ2n) is 8.74. The van der Waals surface area contributed by atoms with E-state index in [-0.39, 0.29) is 17.7 Å². The van der Waals surface area contributed by atoms with Crippen LogP contribution in [0.1, 0.15) is 63.6 Å². The van der Waals surface area contributed by atoms with Gasteiger partial charge in [-0.3, -0.25) is 19.4 Å². The Kier molecular flexibility index (Phi) is 9.23. The molecule has 1 aromatic carbocycles. The molecular formula is C25H36N4O2S. The number of benzene rings is 1. The molecule has 6 nitrogen and oxygen atoms in total. The molecule has 1 N–H and O–H groups in total. The molecule has 1 aromatic heterocycles. The zero-order chi connectivity index (χ0) is 22.9. The number of likely N-dealkylation sites (tertiary alicyclic amines) is 1. The minimum absolute atomic E-state index is 0.0503. The van der Waals surface area contributed by atoms with Crippen LogP contribution in [0, 0.1) is 12.8 Å². The summed E-state index contributed by atoms with van der Waals surface area (Å²) in [5.41, 5.74) is 2.93. The number of hydrogen-bond donors (Lipinski definition) is 1. The lowest BCUT2D eigenvalue weighted by molar-refractivity contribution is -0.126. The highest BCUT2D eigenvalue weighted by atomic mass is 32.1. The van der Waals surface area contributed by atoms with E-state index in [9.17, 15) is 9.59 Å². The molecule has 1 aliphatic rings. The first-order valence-electron chi connectivity index (χ1n) is 11.8. The van der Waals surface area contributed by atoms with Crippen LogP contribution in [0.15, 0.2) is 29.6 Å². The third kappa shape index (κ3) is 6.87. The van der Waals surface area contributed by atoms with Crippen molar-refractivity contribution in [2.75, 3.05) is 24.5 Å². The van der Waals surface area contributed by atoms with E-state index < -0.39 is 0 Å². The van der Waals surface area contributed by atoms with Gasteiger partial charge in [0, 0.05) is 31.9 Å². The Morgan fingerprint density at radius 2 is 2.00 bits per heavy atom. The van der Waals surface area contributed by atoms with Crippen molar-refractivity contribution < 1.29 is 9.59 Å². The number of rotatable bonds is 10. The standard InChI is InChI=1S/C25H36N4O2S/c1-4-5-6-7-14-26-24(31)21-9-8-15-28(16-21)17-22-18-32-25(27-22)29(20(3)30)23-12-10-19(2)11-13-23/h10-13,18,21H,4-9,14-17H2,1-3H3,(H,26,31). The summed E-state index contributed by atoms with van der Waals surface area (Å²) in [7, 11) is 0. The number of carbonyl (C=O) groups is 2. The molecule has 1 atom stereocenters. The van der Waals surface area contributed by atoms with Crippen molar-refractivity contribution in [3.63, 3.8) is 0 Å². The van der Waals surface area contributed by atoms with E-state index >= 15 is 0 Å². The van der Waals surface area contributed by atoms with E-state index in [2.05, 4.69) is 17.1 Å². The number of piperidine rings is 1. The fourth-order valence-electron chi connectivity index (χ4n) is 4.14. The zero-order valence-electron chi connectivity index (χ0n) is 19.6. The van der Waals surface area contributed by atoms with Gasteiger partial charge in [0.1, 0.15) is 0 Å². The predicted molar refractivity (Wildman–Crippen MR) is 131 cm³/mol. The molecule has 32 heavy (non-hydrogen) atoms. The van der Waals surface area contributed by atoms with Crippen molar-refractivity contribution in [3.05, 3.63) is 40.9 Å². The largest absolute Gasteiger partial charge is 0.356 e. The van der Waals surface area contributed by atoms with Crippen LogP contribution in [-0.4, -0.2) is 41.3 Å². The Balaban J connectivity index is 1.56. The first-order chi connectivity index (χ1) is 15.5. The normalized spacial score (nSPS) is 16.7. The Morgan fingerprint density at radius 1 is 1.22 bits per heavy atom. The molecule has 1 aliphatic heterocycles. The van der Waals surface area contributed by atoms with Gasteiger partial charge in [-0.05, 0) is 44.9 Å². The lowest BCUT2D eigenvalue weighted by Crippen LogP contribution is -2.43. The molecule has 1 saturated heterocycles. The highest BCUT2D eigenvalue weighted by Crippen LogP contribution is 2.30. The molecule has 0 bridgehead atoms. The fraction of sp³-hybridized carbons (Fsp3) is 0.560. The van der Waals surface area contributed by atoms with Crippen LogP contribution < -0.4 is 10.2 Å². The number of aryl methyl sites for hydroxylation is 1. The maximum Gasteiger partial charge on any atom is 0.230 e. The molecular weight excluding hydrogens is 420 g/mol. The monoisotopic (exact) mass is 456 g/mol. The molecule has 2 aromatic rings. The smallest absolute Gasteiger partial charge is 0.230 e. The second kappa shape index (κ2) is 12.1. The van der Waals surface area contributed by atoms with E-state index in [4.69, 9.17) is 4.98 Å². The molecule has 0 aliphatic carbocycles. The summed E-state index contributed by atoms with van der Waals surface area (Å²) in [6.45, 7) is 9.02. The molecule has 7 heteroatoms. The van der Waals surface area contributed by atoms with E-state index in [0.29, 0.717) is 11.7 Å². The van der Waals surface area contributed by atoms with Crippen LogP contribution in [0.25, 0.3) is 0 Å². The first-order valence-corrected chi connectivity index (χ1v) is 12.7. The van der Waals surface area contributed by atoms with Gasteiger partial charge >= 0.3 is 0 Å². The molecule has 1 unspecified atom stereocenters. The predicted octanol–water partition coefficient (Wildman–Crippen LogP) is 5.04. The van der Waals surface area contributed by atoms with Gasteiger partial charge < -0.3 is 5.32 Å². The van der Waals surface area contributed by atoms with Crippen LogP contribution in [0.5, 0.6) is 0 Å². The number of nitrogens with one attached hydrogen (secondary N) is 1. The van der Waals surface area contributed by atoms with Gasteiger partial charge in [0.2, 0.25) is 11.8 Å². The summed E-state index contributed by atoms with van der Waals surface area (Å²) >= 11 is 1.49. The summed E-state index contributed by atoms with van der Waals surface area (Å²) in [6, 6.07) is 7.91. The number of aromatic nitrogens is 1. The quantitative estimate of drug-likeness (QED) is 0.509. The Morgan fingerprint density at radius 3 is 2.72 bits per heavy atom. The van der Waals surface area contributed by atoms with Crippen LogP contribution in [0.4, 0.5) is 10.8 Å². The molecule has 1 fully saturated rings. The Hall–Kier alpha value is -2.25. The molecule has 3 rings (SSSR count). The van der Waals surface area contributed by atoms with Gasteiger partial charge in [-0.2, -0.15) is 0 Å².